The van der Waals surface area contributed by atoms with E-state index in [9.17, 15) is 9.59 Å². The molecule has 7 nitrogen and oxygen atoms in total. The Kier molecular flexibility index (Phi) is 10.6. The SMILES string of the molecule is CCC(C)NC(=O)C(Cc1ccccc1)N(Cc1ccc(C)cc1)C(=O)COc1cc(OC)cc(OC)c1. The van der Waals surface area contributed by atoms with Gasteiger partial charge in [0.2, 0.25) is 5.91 Å². The molecule has 0 bridgehead atoms. The van der Waals surface area contributed by atoms with E-state index in [1.54, 1.807) is 37.3 Å². The molecule has 0 heterocycles. The van der Waals surface area contributed by atoms with Gasteiger partial charge in [-0.3, -0.25) is 9.59 Å². The fraction of sp³-hybridized carbons (Fsp3) is 0.355. The summed E-state index contributed by atoms with van der Waals surface area (Å²) in [6.07, 6.45) is 1.17. The average Bonchev–Trinajstić information content (AvgIpc) is 2.94. The van der Waals surface area contributed by atoms with E-state index >= 15 is 0 Å². The Morgan fingerprint density at radius 2 is 1.47 bits per heavy atom. The molecule has 0 saturated carbocycles. The fourth-order valence-electron chi connectivity index (χ4n) is 3.98. The molecule has 2 unspecified atom stereocenters. The number of methoxy groups -OCH3 is 2. The van der Waals surface area contributed by atoms with Crippen LogP contribution in [0.15, 0.2) is 72.8 Å². The van der Waals surface area contributed by atoms with Gasteiger partial charge in [-0.2, -0.15) is 0 Å². The first-order chi connectivity index (χ1) is 18.3. The number of nitrogens with one attached hydrogen (secondary N) is 1. The van der Waals surface area contributed by atoms with Crippen molar-refractivity contribution in [1.29, 1.82) is 0 Å². The minimum absolute atomic E-state index is 0.0161. The van der Waals surface area contributed by atoms with Crippen LogP contribution in [0.2, 0.25) is 0 Å². The number of aryl methyl sites for hydroxylation is 1. The zero-order chi connectivity index (χ0) is 27.5. The fourth-order valence-corrected chi connectivity index (χ4v) is 3.98. The number of carbonyl (C=O) groups is 2. The Bertz CT molecular complexity index is 1160. The number of amides is 2. The van der Waals surface area contributed by atoms with Gasteiger partial charge in [-0.15, -0.1) is 0 Å². The van der Waals surface area contributed by atoms with Crippen LogP contribution >= 0.6 is 0 Å². The van der Waals surface area contributed by atoms with E-state index in [2.05, 4.69) is 5.32 Å². The summed E-state index contributed by atoms with van der Waals surface area (Å²) in [6, 6.07) is 22.1. The molecule has 1 N–H and O–H groups in total. The second-order valence-corrected chi connectivity index (χ2v) is 9.37. The summed E-state index contributed by atoms with van der Waals surface area (Å²) in [7, 11) is 3.11. The van der Waals surface area contributed by atoms with Gasteiger partial charge in [-0.05, 0) is 31.4 Å². The van der Waals surface area contributed by atoms with Crippen LogP contribution in [0.25, 0.3) is 0 Å². The minimum atomic E-state index is -0.719. The van der Waals surface area contributed by atoms with Crippen molar-refractivity contribution < 1.29 is 23.8 Å². The number of hydrogen-bond acceptors (Lipinski definition) is 5. The first kappa shape index (κ1) is 28.6. The van der Waals surface area contributed by atoms with Crippen molar-refractivity contribution in [3.8, 4) is 17.2 Å². The molecule has 0 aliphatic rings. The van der Waals surface area contributed by atoms with Crippen LogP contribution in [0, 0.1) is 6.92 Å². The molecule has 7 heteroatoms. The van der Waals surface area contributed by atoms with Crippen molar-refractivity contribution >= 4 is 11.8 Å². The lowest BCUT2D eigenvalue weighted by molar-refractivity contribution is -0.143. The highest BCUT2D eigenvalue weighted by atomic mass is 16.5. The Balaban J connectivity index is 1.92. The predicted molar refractivity (Wildman–Crippen MR) is 149 cm³/mol. The second kappa shape index (κ2) is 14.1. The molecule has 0 radical (unpaired) electrons. The van der Waals surface area contributed by atoms with Crippen molar-refractivity contribution in [2.75, 3.05) is 20.8 Å². The van der Waals surface area contributed by atoms with E-state index in [0.717, 1.165) is 23.1 Å². The third-order valence-corrected chi connectivity index (χ3v) is 6.43. The smallest absolute Gasteiger partial charge is 0.261 e. The number of nitrogens with zero attached hydrogens (tertiary/aromatic N) is 1. The van der Waals surface area contributed by atoms with Gasteiger partial charge in [0.25, 0.3) is 5.91 Å². The zero-order valence-corrected chi connectivity index (χ0v) is 22.9. The van der Waals surface area contributed by atoms with Crippen LogP contribution in [0.1, 0.15) is 37.0 Å². The van der Waals surface area contributed by atoms with Crippen molar-refractivity contribution in [3.63, 3.8) is 0 Å². The minimum Gasteiger partial charge on any atom is -0.496 e. The van der Waals surface area contributed by atoms with Gasteiger partial charge < -0.3 is 24.4 Å². The molecule has 2 atom stereocenters. The summed E-state index contributed by atoms with van der Waals surface area (Å²) in [4.78, 5) is 28.9. The molecule has 0 aromatic heterocycles. The van der Waals surface area contributed by atoms with Crippen molar-refractivity contribution in [2.24, 2.45) is 0 Å². The highest BCUT2D eigenvalue weighted by molar-refractivity contribution is 5.88. The lowest BCUT2D eigenvalue weighted by Gasteiger charge is -2.32. The van der Waals surface area contributed by atoms with E-state index < -0.39 is 6.04 Å². The van der Waals surface area contributed by atoms with Crippen LogP contribution in [0.3, 0.4) is 0 Å². The van der Waals surface area contributed by atoms with Crippen LogP contribution in [-0.4, -0.2) is 49.6 Å². The number of carbonyl (C=O) groups excluding carboxylic acids is 2. The molecule has 2 amide bonds. The molecule has 0 saturated heterocycles. The van der Waals surface area contributed by atoms with E-state index in [0.29, 0.717) is 23.7 Å². The second-order valence-electron chi connectivity index (χ2n) is 9.37. The van der Waals surface area contributed by atoms with Gasteiger partial charge in [0.15, 0.2) is 6.61 Å². The third-order valence-electron chi connectivity index (χ3n) is 6.43. The molecule has 0 aliphatic carbocycles. The number of ether oxygens (including phenoxy) is 3. The maximum absolute atomic E-state index is 13.7. The lowest BCUT2D eigenvalue weighted by Crippen LogP contribution is -2.53. The van der Waals surface area contributed by atoms with Gasteiger partial charge in [0, 0.05) is 37.2 Å². The topological polar surface area (TPSA) is 77.1 Å². The molecular weight excluding hydrogens is 480 g/mol. The molecule has 0 aliphatic heterocycles. The highest BCUT2D eigenvalue weighted by Crippen LogP contribution is 2.27. The Morgan fingerprint density at radius 1 is 0.868 bits per heavy atom. The van der Waals surface area contributed by atoms with Crippen molar-refractivity contribution in [1.82, 2.24) is 10.2 Å². The first-order valence-electron chi connectivity index (χ1n) is 12.9. The lowest BCUT2D eigenvalue weighted by atomic mass is 10.0. The average molecular weight is 519 g/mol. The molecule has 3 aromatic rings. The van der Waals surface area contributed by atoms with Gasteiger partial charge in [0.1, 0.15) is 23.3 Å². The molecule has 0 fully saturated rings. The maximum atomic E-state index is 13.7. The van der Waals surface area contributed by atoms with E-state index in [-0.39, 0.29) is 31.0 Å². The molecule has 0 spiro atoms. The Morgan fingerprint density at radius 3 is 2.05 bits per heavy atom. The maximum Gasteiger partial charge on any atom is 0.261 e. The normalized spacial score (nSPS) is 12.2. The summed E-state index contributed by atoms with van der Waals surface area (Å²) in [5.74, 6) is 1.06. The summed E-state index contributed by atoms with van der Waals surface area (Å²) >= 11 is 0. The monoisotopic (exact) mass is 518 g/mol. The summed E-state index contributed by atoms with van der Waals surface area (Å²) in [6.45, 7) is 6.02. The summed E-state index contributed by atoms with van der Waals surface area (Å²) in [5, 5.41) is 3.08. The summed E-state index contributed by atoms with van der Waals surface area (Å²) < 4.78 is 16.5. The van der Waals surface area contributed by atoms with Crippen LogP contribution in [0.4, 0.5) is 0 Å². The molecule has 3 aromatic carbocycles. The standard InChI is InChI=1S/C31H38N2O5/c1-6-23(3)32-31(35)29(16-24-10-8-7-9-11-24)33(20-25-14-12-22(2)13-15-25)30(34)21-38-28-18-26(36-4)17-27(19-28)37-5/h7-15,17-19,23,29H,6,16,20-21H2,1-5H3,(H,32,35). The Labute approximate surface area is 225 Å². The van der Waals surface area contributed by atoms with E-state index in [1.807, 2.05) is 75.4 Å². The van der Waals surface area contributed by atoms with Crippen LogP contribution in [0.5, 0.6) is 17.2 Å². The zero-order valence-electron chi connectivity index (χ0n) is 22.9. The molecule has 38 heavy (non-hydrogen) atoms. The number of hydrogen-bond donors (Lipinski definition) is 1. The van der Waals surface area contributed by atoms with Crippen molar-refractivity contribution in [3.05, 3.63) is 89.5 Å². The van der Waals surface area contributed by atoms with Crippen molar-refractivity contribution in [2.45, 2.75) is 52.2 Å². The van der Waals surface area contributed by atoms with Gasteiger partial charge in [-0.25, -0.2) is 0 Å². The van der Waals surface area contributed by atoms with Gasteiger partial charge >= 0.3 is 0 Å². The molecule has 202 valence electrons. The van der Waals surface area contributed by atoms with E-state index in [4.69, 9.17) is 14.2 Å². The quantitative estimate of drug-likeness (QED) is 0.347. The van der Waals surface area contributed by atoms with Crippen LogP contribution < -0.4 is 19.5 Å². The number of benzene rings is 3. The number of rotatable bonds is 13. The van der Waals surface area contributed by atoms with Gasteiger partial charge in [0.05, 0.1) is 14.2 Å². The highest BCUT2D eigenvalue weighted by Gasteiger charge is 2.31. The largest absolute Gasteiger partial charge is 0.496 e. The van der Waals surface area contributed by atoms with E-state index in [1.165, 1.54) is 0 Å². The summed E-state index contributed by atoms with van der Waals surface area (Å²) in [5.41, 5.74) is 3.02. The molecule has 3 rings (SSSR count). The third kappa shape index (κ3) is 8.26. The predicted octanol–water partition coefficient (Wildman–Crippen LogP) is 4.95. The molecular formula is C31H38N2O5. The van der Waals surface area contributed by atoms with Crippen LogP contribution in [-0.2, 0) is 22.6 Å². The Hall–Kier alpha value is -4.00. The van der Waals surface area contributed by atoms with Gasteiger partial charge in [-0.1, -0.05) is 67.1 Å². The first-order valence-corrected chi connectivity index (χ1v) is 12.9.